The minimum absolute atomic E-state index is 0.00327. The van der Waals surface area contributed by atoms with Gasteiger partial charge in [-0.2, -0.15) is 4.31 Å². The zero-order chi connectivity index (χ0) is 22.0. The number of nitrogens with zero attached hydrogens (tertiary/aromatic N) is 2. The highest BCUT2D eigenvalue weighted by molar-refractivity contribution is 7.89. The van der Waals surface area contributed by atoms with E-state index < -0.39 is 10.0 Å². The first kappa shape index (κ1) is 21.8. The Morgan fingerprint density at radius 1 is 1.06 bits per heavy atom. The number of amides is 1. The zero-order valence-corrected chi connectivity index (χ0v) is 19.0. The molecule has 0 bridgehead atoms. The molecule has 31 heavy (non-hydrogen) atoms. The molecular formula is C24H30N2O4S. The van der Waals surface area contributed by atoms with Crippen molar-refractivity contribution in [3.63, 3.8) is 0 Å². The lowest BCUT2D eigenvalue weighted by Crippen LogP contribution is -2.33. The molecule has 1 heterocycles. The molecule has 1 fully saturated rings. The predicted octanol–water partition coefficient (Wildman–Crippen LogP) is 4.02. The molecule has 1 saturated heterocycles. The first-order chi connectivity index (χ1) is 14.9. The molecule has 4 rings (SSSR count). The highest BCUT2D eigenvalue weighted by Crippen LogP contribution is 2.36. The van der Waals surface area contributed by atoms with Crippen molar-refractivity contribution in [3.05, 3.63) is 59.2 Å². The van der Waals surface area contributed by atoms with Crippen molar-refractivity contribution in [2.75, 3.05) is 27.2 Å². The van der Waals surface area contributed by atoms with Crippen LogP contribution in [0, 0.1) is 0 Å². The van der Waals surface area contributed by atoms with E-state index in [1.54, 1.807) is 24.1 Å². The van der Waals surface area contributed by atoms with Crippen LogP contribution in [-0.2, 0) is 16.4 Å². The van der Waals surface area contributed by atoms with Crippen LogP contribution in [0.5, 0.6) is 5.75 Å². The summed E-state index contributed by atoms with van der Waals surface area (Å²) in [5.74, 6) is 0.0892. The van der Waals surface area contributed by atoms with Crippen molar-refractivity contribution in [3.8, 4) is 5.75 Å². The Labute approximate surface area is 184 Å². The van der Waals surface area contributed by atoms with Gasteiger partial charge in [0, 0.05) is 25.7 Å². The van der Waals surface area contributed by atoms with Gasteiger partial charge in [0.25, 0.3) is 5.91 Å². The first-order valence-corrected chi connectivity index (χ1v) is 12.4. The molecule has 0 spiro atoms. The average Bonchev–Trinajstić information content (AvgIpc) is 3.02. The van der Waals surface area contributed by atoms with Gasteiger partial charge in [0.15, 0.2) is 0 Å². The number of hydrogen-bond donors (Lipinski definition) is 0. The van der Waals surface area contributed by atoms with Crippen LogP contribution in [0.2, 0.25) is 0 Å². The van der Waals surface area contributed by atoms with E-state index >= 15 is 0 Å². The fourth-order valence-electron chi connectivity index (χ4n) is 4.71. The molecule has 1 amide bonds. The molecule has 2 aromatic carbocycles. The molecular weight excluding hydrogens is 412 g/mol. The average molecular weight is 443 g/mol. The van der Waals surface area contributed by atoms with Crippen molar-refractivity contribution in [1.82, 2.24) is 9.21 Å². The highest BCUT2D eigenvalue weighted by Gasteiger charge is 2.32. The van der Waals surface area contributed by atoms with Gasteiger partial charge in [0.05, 0.1) is 13.2 Å². The largest absolute Gasteiger partial charge is 0.495 e. The van der Waals surface area contributed by atoms with Gasteiger partial charge >= 0.3 is 0 Å². The number of benzene rings is 2. The third kappa shape index (κ3) is 4.21. The number of rotatable bonds is 5. The number of ether oxygens (including phenoxy) is 1. The van der Waals surface area contributed by atoms with Gasteiger partial charge < -0.3 is 9.64 Å². The molecule has 1 aliphatic carbocycles. The maximum Gasteiger partial charge on any atom is 0.254 e. The standard InChI is InChI=1S/C24H30N2O4S/c1-25(21-13-11-18-9-5-6-10-20(18)21)24(27)19-12-14-22(30-2)23(17-19)31(28,29)26-15-7-3-4-8-16-26/h5-6,9-10,12,14,17,21H,3-4,7-8,11,13,15-16H2,1-2H3. The lowest BCUT2D eigenvalue weighted by molar-refractivity contribution is 0.0730. The molecule has 0 N–H and O–H groups in total. The fourth-order valence-corrected chi connectivity index (χ4v) is 6.41. The highest BCUT2D eigenvalue weighted by atomic mass is 32.2. The molecule has 6 nitrogen and oxygen atoms in total. The summed E-state index contributed by atoms with van der Waals surface area (Å²) >= 11 is 0. The molecule has 7 heteroatoms. The number of carbonyl (C=O) groups excluding carboxylic acids is 1. The lowest BCUT2D eigenvalue weighted by atomic mass is 10.1. The molecule has 0 aromatic heterocycles. The van der Waals surface area contributed by atoms with Crippen LogP contribution >= 0.6 is 0 Å². The summed E-state index contributed by atoms with van der Waals surface area (Å²) < 4.78 is 33.7. The van der Waals surface area contributed by atoms with Crippen LogP contribution < -0.4 is 4.74 Å². The summed E-state index contributed by atoms with van der Waals surface area (Å²) in [5.41, 5.74) is 2.80. The van der Waals surface area contributed by atoms with Gasteiger partial charge in [-0.25, -0.2) is 8.42 Å². The Balaban J connectivity index is 1.65. The maximum absolute atomic E-state index is 13.4. The van der Waals surface area contributed by atoms with Crippen LogP contribution in [0.1, 0.15) is 59.6 Å². The van der Waals surface area contributed by atoms with Crippen LogP contribution in [-0.4, -0.2) is 50.8 Å². The summed E-state index contributed by atoms with van der Waals surface area (Å²) in [6, 6.07) is 12.9. The number of sulfonamides is 1. The number of carbonyl (C=O) groups is 1. The maximum atomic E-state index is 13.4. The van der Waals surface area contributed by atoms with E-state index in [9.17, 15) is 13.2 Å². The summed E-state index contributed by atoms with van der Waals surface area (Å²) in [6.07, 6.45) is 5.59. The summed E-state index contributed by atoms with van der Waals surface area (Å²) in [7, 11) is -0.488. The van der Waals surface area contributed by atoms with Crippen molar-refractivity contribution >= 4 is 15.9 Å². The van der Waals surface area contributed by atoms with Gasteiger partial charge in [-0.1, -0.05) is 37.1 Å². The smallest absolute Gasteiger partial charge is 0.254 e. The van der Waals surface area contributed by atoms with Crippen LogP contribution in [0.4, 0.5) is 0 Å². The number of hydrogen-bond acceptors (Lipinski definition) is 4. The van der Waals surface area contributed by atoms with E-state index in [-0.39, 0.29) is 22.6 Å². The topological polar surface area (TPSA) is 66.9 Å². The van der Waals surface area contributed by atoms with Crippen molar-refractivity contribution < 1.29 is 17.9 Å². The lowest BCUT2D eigenvalue weighted by Gasteiger charge is -2.26. The molecule has 1 unspecified atom stereocenters. The second-order valence-corrected chi connectivity index (χ2v) is 10.3. The summed E-state index contributed by atoms with van der Waals surface area (Å²) in [5, 5.41) is 0. The molecule has 166 valence electrons. The van der Waals surface area contributed by atoms with Crippen LogP contribution in [0.25, 0.3) is 0 Å². The quantitative estimate of drug-likeness (QED) is 0.702. The van der Waals surface area contributed by atoms with E-state index in [4.69, 9.17) is 4.74 Å². The van der Waals surface area contributed by atoms with E-state index in [2.05, 4.69) is 12.1 Å². The number of fused-ring (bicyclic) bond motifs is 1. The second-order valence-electron chi connectivity index (χ2n) is 8.35. The Kier molecular flexibility index (Phi) is 6.34. The van der Waals surface area contributed by atoms with Gasteiger partial charge in [0.1, 0.15) is 10.6 Å². The Morgan fingerprint density at radius 2 is 1.77 bits per heavy atom. The Bertz CT molecular complexity index is 1060. The molecule has 0 saturated carbocycles. The third-order valence-electron chi connectivity index (χ3n) is 6.48. The van der Waals surface area contributed by atoms with Gasteiger partial charge in [-0.3, -0.25) is 4.79 Å². The van der Waals surface area contributed by atoms with Crippen LogP contribution in [0.3, 0.4) is 0 Å². The van der Waals surface area contributed by atoms with Gasteiger partial charge in [0.2, 0.25) is 10.0 Å². The Hall–Kier alpha value is -2.38. The Morgan fingerprint density at radius 3 is 2.48 bits per heavy atom. The minimum atomic E-state index is -3.74. The molecule has 0 radical (unpaired) electrons. The van der Waals surface area contributed by atoms with E-state index in [0.29, 0.717) is 18.7 Å². The number of aryl methyl sites for hydroxylation is 1. The summed E-state index contributed by atoms with van der Waals surface area (Å²) in [4.78, 5) is 15.1. The zero-order valence-electron chi connectivity index (χ0n) is 18.2. The van der Waals surface area contributed by atoms with Gasteiger partial charge in [-0.15, -0.1) is 0 Å². The van der Waals surface area contributed by atoms with E-state index in [1.807, 2.05) is 12.1 Å². The predicted molar refractivity (Wildman–Crippen MR) is 120 cm³/mol. The van der Waals surface area contributed by atoms with E-state index in [0.717, 1.165) is 38.5 Å². The first-order valence-electron chi connectivity index (χ1n) is 11.0. The molecule has 2 aliphatic rings. The van der Waals surface area contributed by atoms with E-state index in [1.165, 1.54) is 28.6 Å². The second kappa shape index (κ2) is 9.01. The van der Waals surface area contributed by atoms with Crippen LogP contribution in [0.15, 0.2) is 47.4 Å². The SMILES string of the molecule is COc1ccc(C(=O)N(C)C2CCc3ccccc32)cc1S(=O)(=O)N1CCCCCC1. The third-order valence-corrected chi connectivity index (χ3v) is 8.40. The molecule has 1 atom stereocenters. The fraction of sp³-hybridized carbons (Fsp3) is 0.458. The summed E-state index contributed by atoms with van der Waals surface area (Å²) in [6.45, 7) is 1.00. The van der Waals surface area contributed by atoms with Gasteiger partial charge in [-0.05, 0) is 55.0 Å². The van der Waals surface area contributed by atoms with Crippen molar-refractivity contribution in [2.24, 2.45) is 0 Å². The molecule has 1 aliphatic heterocycles. The minimum Gasteiger partial charge on any atom is -0.495 e. The normalized spacial score (nSPS) is 19.5. The van der Waals surface area contributed by atoms with Crippen molar-refractivity contribution in [1.29, 1.82) is 0 Å². The number of methoxy groups -OCH3 is 1. The van der Waals surface area contributed by atoms with Crippen molar-refractivity contribution in [2.45, 2.75) is 49.5 Å². The monoisotopic (exact) mass is 442 g/mol. The molecule has 2 aromatic rings.